The van der Waals surface area contributed by atoms with Gasteiger partial charge >= 0.3 is 0 Å². The fraction of sp³-hybridized carbons (Fsp3) is 0.409. The van der Waals surface area contributed by atoms with Crippen molar-refractivity contribution in [3.8, 4) is 5.88 Å². The Balaban J connectivity index is 1.35. The number of hydrogen-bond acceptors (Lipinski definition) is 6. The number of aliphatic imine (C=N–C) groups is 1. The van der Waals surface area contributed by atoms with E-state index in [0.29, 0.717) is 18.5 Å². The van der Waals surface area contributed by atoms with Crippen LogP contribution in [0.4, 0.5) is 0 Å². The van der Waals surface area contributed by atoms with Crippen LogP contribution in [0.3, 0.4) is 0 Å². The molecule has 0 N–H and O–H groups in total. The Labute approximate surface area is 168 Å². The van der Waals surface area contributed by atoms with Crippen molar-refractivity contribution in [2.45, 2.75) is 31.5 Å². The van der Waals surface area contributed by atoms with Crippen molar-refractivity contribution in [2.75, 3.05) is 26.4 Å². The van der Waals surface area contributed by atoms with Gasteiger partial charge in [-0.15, -0.1) is 0 Å². The van der Waals surface area contributed by atoms with Gasteiger partial charge in [0.25, 0.3) is 0 Å². The molecule has 2 aromatic heterocycles. The molecular formula is C22H22N4O3. The van der Waals surface area contributed by atoms with Crippen LogP contribution in [0.1, 0.15) is 35.6 Å². The molecule has 0 radical (unpaired) electrons. The molecule has 5 heterocycles. The van der Waals surface area contributed by atoms with E-state index < -0.39 is 0 Å². The molecule has 0 saturated carbocycles. The van der Waals surface area contributed by atoms with E-state index in [2.05, 4.69) is 32.7 Å². The maximum atomic E-state index is 6.29. The zero-order valence-corrected chi connectivity index (χ0v) is 16.1. The SMILES string of the molecule is c1cc2c(c(OC3CCOCC3)n1)C(c1ccc3c(c1)ncn3C1COC1)=NC2. The third kappa shape index (κ3) is 2.92. The molecule has 29 heavy (non-hydrogen) atoms. The molecule has 3 aromatic rings. The monoisotopic (exact) mass is 390 g/mol. The maximum Gasteiger partial charge on any atom is 0.223 e. The van der Waals surface area contributed by atoms with Crippen molar-refractivity contribution in [2.24, 2.45) is 4.99 Å². The molecule has 0 spiro atoms. The van der Waals surface area contributed by atoms with E-state index >= 15 is 0 Å². The van der Waals surface area contributed by atoms with Crippen molar-refractivity contribution in [1.82, 2.24) is 14.5 Å². The second-order valence-electron chi connectivity index (χ2n) is 7.79. The molecule has 7 nitrogen and oxygen atoms in total. The highest BCUT2D eigenvalue weighted by Crippen LogP contribution is 2.32. The Kier molecular flexibility index (Phi) is 4.09. The quantitative estimate of drug-likeness (QED) is 0.685. The predicted octanol–water partition coefficient (Wildman–Crippen LogP) is 2.91. The lowest BCUT2D eigenvalue weighted by atomic mass is 10.0. The normalized spacial score (nSPS) is 19.8. The van der Waals surface area contributed by atoms with E-state index in [-0.39, 0.29) is 6.10 Å². The Bertz CT molecular complexity index is 1100. The third-order valence-corrected chi connectivity index (χ3v) is 5.96. The van der Waals surface area contributed by atoms with E-state index in [0.717, 1.165) is 72.7 Å². The fourth-order valence-electron chi connectivity index (χ4n) is 4.24. The van der Waals surface area contributed by atoms with Gasteiger partial charge in [-0.3, -0.25) is 4.99 Å². The van der Waals surface area contributed by atoms with Crippen molar-refractivity contribution in [3.63, 3.8) is 0 Å². The lowest BCUT2D eigenvalue weighted by molar-refractivity contribution is -0.0216. The molecule has 0 amide bonds. The van der Waals surface area contributed by atoms with Crippen LogP contribution >= 0.6 is 0 Å². The molecule has 0 aliphatic carbocycles. The molecule has 2 fully saturated rings. The first kappa shape index (κ1) is 17.1. The number of ether oxygens (including phenoxy) is 3. The third-order valence-electron chi connectivity index (χ3n) is 5.96. The molecule has 0 bridgehead atoms. The van der Waals surface area contributed by atoms with E-state index in [1.54, 1.807) is 0 Å². The minimum atomic E-state index is 0.146. The highest BCUT2D eigenvalue weighted by atomic mass is 16.5. The number of benzene rings is 1. The fourth-order valence-corrected chi connectivity index (χ4v) is 4.24. The van der Waals surface area contributed by atoms with Crippen LogP contribution < -0.4 is 4.74 Å². The first-order valence-electron chi connectivity index (χ1n) is 10.2. The van der Waals surface area contributed by atoms with Gasteiger partial charge in [0, 0.05) is 24.6 Å². The first-order valence-corrected chi connectivity index (χ1v) is 10.2. The van der Waals surface area contributed by atoms with Crippen LogP contribution in [0.2, 0.25) is 0 Å². The van der Waals surface area contributed by atoms with Crippen molar-refractivity contribution >= 4 is 16.7 Å². The van der Waals surface area contributed by atoms with Gasteiger partial charge < -0.3 is 18.8 Å². The molecule has 3 aliphatic rings. The molecule has 0 unspecified atom stereocenters. The Morgan fingerprint density at radius 1 is 1.03 bits per heavy atom. The average Bonchev–Trinajstić information content (AvgIpc) is 3.32. The van der Waals surface area contributed by atoms with Gasteiger partial charge in [0.2, 0.25) is 5.88 Å². The maximum absolute atomic E-state index is 6.29. The van der Waals surface area contributed by atoms with E-state index in [1.165, 1.54) is 0 Å². The summed E-state index contributed by atoms with van der Waals surface area (Å²) in [6.07, 6.45) is 5.66. The number of rotatable bonds is 4. The van der Waals surface area contributed by atoms with Crippen molar-refractivity contribution in [1.29, 1.82) is 0 Å². The Morgan fingerprint density at radius 2 is 1.93 bits per heavy atom. The lowest BCUT2D eigenvalue weighted by Crippen LogP contribution is -2.30. The molecule has 7 heteroatoms. The number of aromatic nitrogens is 3. The second kappa shape index (κ2) is 6.93. The van der Waals surface area contributed by atoms with Crippen molar-refractivity contribution < 1.29 is 14.2 Å². The number of nitrogens with zero attached hydrogens (tertiary/aromatic N) is 4. The summed E-state index contributed by atoms with van der Waals surface area (Å²) >= 11 is 0. The summed E-state index contributed by atoms with van der Waals surface area (Å²) < 4.78 is 19.3. The summed E-state index contributed by atoms with van der Waals surface area (Å²) in [5, 5.41) is 0. The molecular weight excluding hydrogens is 368 g/mol. The van der Waals surface area contributed by atoms with Crippen LogP contribution in [0.25, 0.3) is 11.0 Å². The van der Waals surface area contributed by atoms with Crippen LogP contribution in [0.15, 0.2) is 41.8 Å². The van der Waals surface area contributed by atoms with Gasteiger partial charge in [-0.1, -0.05) is 6.07 Å². The van der Waals surface area contributed by atoms with Gasteiger partial charge in [-0.2, -0.15) is 0 Å². The first-order chi connectivity index (χ1) is 14.4. The number of fused-ring (bicyclic) bond motifs is 2. The van der Waals surface area contributed by atoms with Crippen LogP contribution in [-0.2, 0) is 16.0 Å². The standard InChI is InChI=1S/C22H22N4O3/c1-2-19-18(25-13-26(19)16-11-28-12-16)9-14(1)21-20-15(10-24-21)3-6-23-22(20)29-17-4-7-27-8-5-17/h1-3,6,9,13,16-17H,4-5,7-8,10-12H2. The summed E-state index contributed by atoms with van der Waals surface area (Å²) in [6.45, 7) is 3.65. The van der Waals surface area contributed by atoms with Crippen LogP contribution in [0.5, 0.6) is 5.88 Å². The Morgan fingerprint density at radius 3 is 2.76 bits per heavy atom. The molecule has 148 valence electrons. The topological polar surface area (TPSA) is 70.8 Å². The van der Waals surface area contributed by atoms with Gasteiger partial charge in [-0.25, -0.2) is 9.97 Å². The number of pyridine rings is 1. The predicted molar refractivity (Wildman–Crippen MR) is 108 cm³/mol. The molecule has 6 rings (SSSR count). The van der Waals surface area contributed by atoms with Gasteiger partial charge in [0.1, 0.15) is 6.10 Å². The minimum absolute atomic E-state index is 0.146. The average molecular weight is 390 g/mol. The smallest absolute Gasteiger partial charge is 0.223 e. The zero-order valence-electron chi connectivity index (χ0n) is 16.1. The Hall–Kier alpha value is -2.77. The zero-order chi connectivity index (χ0) is 19.2. The number of hydrogen-bond donors (Lipinski definition) is 0. The molecule has 2 saturated heterocycles. The van der Waals surface area contributed by atoms with E-state index in [4.69, 9.17) is 19.2 Å². The van der Waals surface area contributed by atoms with Gasteiger partial charge in [-0.05, 0) is 23.8 Å². The molecule has 0 atom stereocenters. The summed E-state index contributed by atoms with van der Waals surface area (Å²) in [6, 6.07) is 8.79. The lowest BCUT2D eigenvalue weighted by Gasteiger charge is -2.27. The largest absolute Gasteiger partial charge is 0.474 e. The van der Waals surface area contributed by atoms with E-state index in [9.17, 15) is 0 Å². The van der Waals surface area contributed by atoms with Gasteiger partial charge in [0.05, 0.1) is 67.6 Å². The highest BCUT2D eigenvalue weighted by molar-refractivity contribution is 6.17. The summed E-state index contributed by atoms with van der Waals surface area (Å²) in [5.74, 6) is 0.683. The summed E-state index contributed by atoms with van der Waals surface area (Å²) in [4.78, 5) is 14.0. The summed E-state index contributed by atoms with van der Waals surface area (Å²) in [5.41, 5.74) is 6.28. The van der Waals surface area contributed by atoms with E-state index in [1.807, 2.05) is 18.6 Å². The highest BCUT2D eigenvalue weighted by Gasteiger charge is 2.27. The minimum Gasteiger partial charge on any atom is -0.474 e. The summed E-state index contributed by atoms with van der Waals surface area (Å²) in [7, 11) is 0. The van der Waals surface area contributed by atoms with Gasteiger partial charge in [0.15, 0.2) is 0 Å². The molecule has 1 aromatic carbocycles. The van der Waals surface area contributed by atoms with Crippen LogP contribution in [-0.4, -0.2) is 52.8 Å². The van der Waals surface area contributed by atoms with Crippen LogP contribution in [0, 0.1) is 0 Å². The molecule has 3 aliphatic heterocycles. The second-order valence-corrected chi connectivity index (χ2v) is 7.79. The number of imidazole rings is 1. The van der Waals surface area contributed by atoms with Crippen molar-refractivity contribution in [3.05, 3.63) is 53.5 Å².